The molecule has 0 aromatic heterocycles. The van der Waals surface area contributed by atoms with Gasteiger partial charge in [0.15, 0.2) is 0 Å². The molecule has 0 atom stereocenters. The van der Waals surface area contributed by atoms with E-state index in [0.717, 1.165) is 5.56 Å². The molecule has 0 aliphatic rings. The van der Waals surface area contributed by atoms with Gasteiger partial charge in [0.05, 0.1) is 11.8 Å². The van der Waals surface area contributed by atoms with Gasteiger partial charge in [-0.2, -0.15) is 5.10 Å². The van der Waals surface area contributed by atoms with Crippen LogP contribution in [0.3, 0.4) is 0 Å². The van der Waals surface area contributed by atoms with E-state index in [2.05, 4.69) is 10.5 Å². The maximum atomic E-state index is 12.9. The number of rotatable bonds is 5. The maximum absolute atomic E-state index is 12.9. The van der Waals surface area contributed by atoms with Crippen LogP contribution in [0, 0.1) is 12.7 Å². The third-order valence-corrected chi connectivity index (χ3v) is 3.94. The standard InChI is InChI=1S/C22H17FN2O3/c1-15-4-2-3-5-20(15)22(27)28-19-12-6-16(7-13-19)14-24-25-21(26)17-8-10-18(23)11-9-17/h2-14H,1H3,(H,25,26). The van der Waals surface area contributed by atoms with E-state index >= 15 is 0 Å². The second kappa shape index (κ2) is 8.73. The Morgan fingerprint density at radius 1 is 0.964 bits per heavy atom. The second-order valence-corrected chi connectivity index (χ2v) is 5.98. The van der Waals surface area contributed by atoms with Gasteiger partial charge in [0, 0.05) is 5.56 Å². The van der Waals surface area contributed by atoms with E-state index in [1.54, 1.807) is 36.4 Å². The molecule has 28 heavy (non-hydrogen) atoms. The lowest BCUT2D eigenvalue weighted by Crippen LogP contribution is -2.17. The van der Waals surface area contributed by atoms with Crippen LogP contribution in [0.15, 0.2) is 77.9 Å². The molecule has 0 fully saturated rings. The number of nitrogens with zero attached hydrogens (tertiary/aromatic N) is 1. The Hall–Kier alpha value is -3.80. The Balaban J connectivity index is 1.57. The highest BCUT2D eigenvalue weighted by Gasteiger charge is 2.10. The van der Waals surface area contributed by atoms with Gasteiger partial charge in [0.25, 0.3) is 5.91 Å². The van der Waals surface area contributed by atoms with Crippen molar-refractivity contribution in [3.63, 3.8) is 0 Å². The zero-order chi connectivity index (χ0) is 19.9. The number of hydrogen-bond donors (Lipinski definition) is 1. The normalized spacial score (nSPS) is 10.6. The van der Waals surface area contributed by atoms with Crippen LogP contribution in [0.5, 0.6) is 5.75 Å². The van der Waals surface area contributed by atoms with Crippen LogP contribution < -0.4 is 10.2 Å². The summed E-state index contributed by atoms with van der Waals surface area (Å²) in [6.45, 7) is 1.84. The molecule has 3 aromatic rings. The highest BCUT2D eigenvalue weighted by Crippen LogP contribution is 2.15. The van der Waals surface area contributed by atoms with E-state index in [1.165, 1.54) is 30.5 Å². The fourth-order valence-electron chi connectivity index (χ4n) is 2.42. The van der Waals surface area contributed by atoms with Crippen molar-refractivity contribution in [2.75, 3.05) is 0 Å². The van der Waals surface area contributed by atoms with Crippen LogP contribution in [0.4, 0.5) is 4.39 Å². The topological polar surface area (TPSA) is 67.8 Å². The van der Waals surface area contributed by atoms with E-state index in [0.29, 0.717) is 22.4 Å². The Labute approximate surface area is 161 Å². The first-order valence-corrected chi connectivity index (χ1v) is 8.50. The van der Waals surface area contributed by atoms with Crippen LogP contribution in [0.1, 0.15) is 31.8 Å². The van der Waals surface area contributed by atoms with Gasteiger partial charge < -0.3 is 4.74 Å². The fourth-order valence-corrected chi connectivity index (χ4v) is 2.42. The zero-order valence-corrected chi connectivity index (χ0v) is 15.1. The summed E-state index contributed by atoms with van der Waals surface area (Å²) in [5.74, 6) is -0.880. The van der Waals surface area contributed by atoms with Crippen LogP contribution in [0.2, 0.25) is 0 Å². The number of carbonyl (C=O) groups is 2. The molecular formula is C22H17FN2O3. The Morgan fingerprint density at radius 2 is 1.64 bits per heavy atom. The summed E-state index contributed by atoms with van der Waals surface area (Å²) in [5.41, 5.74) is 4.72. The van der Waals surface area contributed by atoms with Gasteiger partial charge in [0.2, 0.25) is 0 Å². The second-order valence-electron chi connectivity index (χ2n) is 5.98. The van der Waals surface area contributed by atoms with Crippen molar-refractivity contribution in [1.82, 2.24) is 5.43 Å². The number of carbonyl (C=O) groups excluding carboxylic acids is 2. The molecule has 1 N–H and O–H groups in total. The number of hydrazone groups is 1. The number of aryl methyl sites for hydroxylation is 1. The van der Waals surface area contributed by atoms with Gasteiger partial charge in [-0.3, -0.25) is 4.79 Å². The maximum Gasteiger partial charge on any atom is 0.343 e. The van der Waals surface area contributed by atoms with Crippen molar-refractivity contribution in [3.8, 4) is 5.75 Å². The van der Waals surface area contributed by atoms with Gasteiger partial charge in [-0.25, -0.2) is 14.6 Å². The molecule has 140 valence electrons. The lowest BCUT2D eigenvalue weighted by molar-refractivity contribution is 0.0733. The summed E-state index contributed by atoms with van der Waals surface area (Å²) in [6, 6.07) is 19.0. The van der Waals surface area contributed by atoms with E-state index in [4.69, 9.17) is 4.74 Å². The molecular weight excluding hydrogens is 359 g/mol. The molecule has 0 radical (unpaired) electrons. The van der Waals surface area contributed by atoms with E-state index in [1.807, 2.05) is 19.1 Å². The van der Waals surface area contributed by atoms with E-state index in [-0.39, 0.29) is 0 Å². The monoisotopic (exact) mass is 376 g/mol. The number of benzene rings is 3. The number of esters is 1. The number of nitrogens with one attached hydrogen (secondary N) is 1. The molecule has 0 aliphatic carbocycles. The molecule has 3 aromatic carbocycles. The van der Waals surface area contributed by atoms with Crippen molar-refractivity contribution in [2.45, 2.75) is 6.92 Å². The molecule has 1 amide bonds. The quantitative estimate of drug-likeness (QED) is 0.315. The summed E-state index contributed by atoms with van der Waals surface area (Å²) in [6.07, 6.45) is 1.45. The smallest absolute Gasteiger partial charge is 0.343 e. The van der Waals surface area contributed by atoms with Gasteiger partial charge in [-0.15, -0.1) is 0 Å². The van der Waals surface area contributed by atoms with Gasteiger partial charge >= 0.3 is 5.97 Å². The SMILES string of the molecule is Cc1ccccc1C(=O)Oc1ccc(C=NNC(=O)c2ccc(F)cc2)cc1. The first kappa shape index (κ1) is 19.0. The van der Waals surface area contributed by atoms with Crippen molar-refractivity contribution < 1.29 is 18.7 Å². The average molecular weight is 376 g/mol. The molecule has 0 saturated carbocycles. The summed E-state index contributed by atoms with van der Waals surface area (Å²) in [7, 11) is 0. The molecule has 0 bridgehead atoms. The lowest BCUT2D eigenvalue weighted by Gasteiger charge is -2.06. The summed E-state index contributed by atoms with van der Waals surface area (Å²) >= 11 is 0. The van der Waals surface area contributed by atoms with Crippen LogP contribution in [-0.2, 0) is 0 Å². The Morgan fingerprint density at radius 3 is 2.32 bits per heavy atom. The molecule has 3 rings (SSSR count). The molecule has 6 heteroatoms. The summed E-state index contributed by atoms with van der Waals surface area (Å²) in [4.78, 5) is 24.1. The molecule has 0 aliphatic heterocycles. The minimum Gasteiger partial charge on any atom is -0.423 e. The lowest BCUT2D eigenvalue weighted by atomic mass is 10.1. The third kappa shape index (κ3) is 4.88. The first-order valence-electron chi connectivity index (χ1n) is 8.50. The van der Waals surface area contributed by atoms with E-state index < -0.39 is 17.7 Å². The van der Waals surface area contributed by atoms with Gasteiger partial charge in [0.1, 0.15) is 11.6 Å². The Bertz CT molecular complexity index is 1010. The summed E-state index contributed by atoms with van der Waals surface area (Å²) < 4.78 is 18.2. The van der Waals surface area contributed by atoms with Crippen molar-refractivity contribution in [1.29, 1.82) is 0 Å². The predicted octanol–water partition coefficient (Wildman–Crippen LogP) is 4.12. The van der Waals surface area contributed by atoms with Crippen molar-refractivity contribution >= 4 is 18.1 Å². The average Bonchev–Trinajstić information content (AvgIpc) is 2.70. The molecule has 0 saturated heterocycles. The zero-order valence-electron chi connectivity index (χ0n) is 15.1. The predicted molar refractivity (Wildman–Crippen MR) is 104 cm³/mol. The largest absolute Gasteiger partial charge is 0.423 e. The van der Waals surface area contributed by atoms with Crippen LogP contribution in [0.25, 0.3) is 0 Å². The Kier molecular flexibility index (Phi) is 5.91. The minimum absolute atomic E-state index is 0.303. The molecule has 5 nitrogen and oxygen atoms in total. The first-order chi connectivity index (χ1) is 13.5. The number of ether oxygens (including phenoxy) is 1. The number of amides is 1. The van der Waals surface area contributed by atoms with Crippen LogP contribution in [-0.4, -0.2) is 18.1 Å². The minimum atomic E-state index is -0.444. The van der Waals surface area contributed by atoms with E-state index in [9.17, 15) is 14.0 Å². The van der Waals surface area contributed by atoms with Gasteiger partial charge in [-0.05, 0) is 72.6 Å². The highest BCUT2D eigenvalue weighted by molar-refractivity contribution is 5.95. The van der Waals surface area contributed by atoms with Crippen molar-refractivity contribution in [2.24, 2.45) is 5.10 Å². The highest BCUT2D eigenvalue weighted by atomic mass is 19.1. The van der Waals surface area contributed by atoms with Gasteiger partial charge in [-0.1, -0.05) is 18.2 Å². The fraction of sp³-hybridized carbons (Fsp3) is 0.0455. The van der Waals surface area contributed by atoms with Crippen molar-refractivity contribution in [3.05, 3.63) is 101 Å². The molecule has 0 spiro atoms. The number of hydrogen-bond acceptors (Lipinski definition) is 4. The molecule has 0 unspecified atom stereocenters. The summed E-state index contributed by atoms with van der Waals surface area (Å²) in [5, 5.41) is 3.86. The third-order valence-electron chi connectivity index (χ3n) is 3.94. The molecule has 0 heterocycles. The van der Waals surface area contributed by atoms with Crippen LogP contribution >= 0.6 is 0 Å². The number of halogens is 1.